The second kappa shape index (κ2) is 7.60. The van der Waals surface area contributed by atoms with Crippen LogP contribution in [0.1, 0.15) is 11.8 Å². The average molecular weight is 401 g/mol. The van der Waals surface area contributed by atoms with Crippen molar-refractivity contribution in [3.63, 3.8) is 0 Å². The normalized spacial score (nSPS) is 24.5. The van der Waals surface area contributed by atoms with Gasteiger partial charge in [0, 0.05) is 0 Å². The van der Waals surface area contributed by atoms with Crippen LogP contribution >= 0.6 is 0 Å². The van der Waals surface area contributed by atoms with Crippen molar-refractivity contribution in [3.8, 4) is 5.75 Å². The summed E-state index contributed by atoms with van der Waals surface area (Å²) in [6.45, 7) is -0.475. The first-order chi connectivity index (χ1) is 14.0. The summed E-state index contributed by atoms with van der Waals surface area (Å²) in [6.07, 6.45) is -2.04. The number of nitrogens with zero attached hydrogens (tertiary/aromatic N) is 5. The van der Waals surface area contributed by atoms with Gasteiger partial charge in [0.2, 0.25) is 5.95 Å². The molecule has 1 aromatic carbocycles. The van der Waals surface area contributed by atoms with E-state index < -0.39 is 31.1 Å². The lowest BCUT2D eigenvalue weighted by Gasteiger charge is -2.18. The van der Waals surface area contributed by atoms with Gasteiger partial charge in [0.1, 0.15) is 30.4 Å². The zero-order valence-corrected chi connectivity index (χ0v) is 15.0. The van der Waals surface area contributed by atoms with E-state index in [4.69, 9.17) is 10.5 Å². The minimum atomic E-state index is -1.35. The maximum atomic E-state index is 10.4. The lowest BCUT2D eigenvalue weighted by Crippen LogP contribution is -2.33. The van der Waals surface area contributed by atoms with Crippen LogP contribution in [0, 0.1) is 0 Å². The number of hydrogen-bond donors (Lipinski definition) is 6. The molecule has 2 aromatic heterocycles. The van der Waals surface area contributed by atoms with Crippen molar-refractivity contribution in [2.45, 2.75) is 24.5 Å². The molecule has 3 heterocycles. The molecule has 1 saturated heterocycles. The Morgan fingerprint density at radius 1 is 1.28 bits per heavy atom. The Kier molecular flexibility index (Phi) is 4.98. The van der Waals surface area contributed by atoms with Gasteiger partial charge >= 0.3 is 0 Å². The van der Waals surface area contributed by atoms with E-state index in [1.165, 1.54) is 29.2 Å². The molecule has 0 unspecified atom stereocenters. The molecule has 3 aromatic rings. The number of nitrogens with two attached hydrogens (primary N) is 1. The molecule has 0 amide bonds. The Morgan fingerprint density at radius 3 is 2.83 bits per heavy atom. The molecule has 0 radical (unpaired) electrons. The number of aromatic nitrogens is 4. The maximum Gasteiger partial charge on any atom is 0.228 e. The van der Waals surface area contributed by atoms with E-state index in [-0.39, 0.29) is 28.7 Å². The summed E-state index contributed by atoms with van der Waals surface area (Å²) in [7, 11) is 0. The Hall–Kier alpha value is -3.32. The molecule has 29 heavy (non-hydrogen) atoms. The zero-order chi connectivity index (χ0) is 20.5. The Morgan fingerprint density at radius 2 is 2.10 bits per heavy atom. The Labute approximate surface area is 163 Å². The van der Waals surface area contributed by atoms with E-state index in [1.54, 1.807) is 12.1 Å². The molecule has 0 saturated carbocycles. The molecule has 0 bridgehead atoms. The van der Waals surface area contributed by atoms with E-state index >= 15 is 0 Å². The molecule has 152 valence electrons. The van der Waals surface area contributed by atoms with Crippen molar-refractivity contribution >= 4 is 29.1 Å². The number of benzene rings is 1. The second-order valence-corrected chi connectivity index (χ2v) is 6.43. The third kappa shape index (κ3) is 3.45. The number of hydrogen-bond acceptors (Lipinski definition) is 11. The molecule has 0 aliphatic carbocycles. The van der Waals surface area contributed by atoms with Gasteiger partial charge in [-0.3, -0.25) is 4.57 Å². The summed E-state index contributed by atoms with van der Waals surface area (Å²) in [5.41, 5.74) is 9.73. The number of ether oxygens (including phenoxy) is 1. The fraction of sp³-hybridized carbons (Fsp3) is 0.294. The van der Waals surface area contributed by atoms with Crippen LogP contribution in [0.15, 0.2) is 35.7 Å². The van der Waals surface area contributed by atoms with Crippen molar-refractivity contribution < 1.29 is 25.2 Å². The molecule has 12 nitrogen and oxygen atoms in total. The van der Waals surface area contributed by atoms with Crippen molar-refractivity contribution in [1.82, 2.24) is 19.5 Å². The summed E-state index contributed by atoms with van der Waals surface area (Å²) < 4.78 is 6.98. The van der Waals surface area contributed by atoms with Gasteiger partial charge in [-0.2, -0.15) is 5.10 Å². The van der Waals surface area contributed by atoms with Gasteiger partial charge < -0.3 is 30.9 Å². The molecule has 4 atom stereocenters. The standard InChI is InChI=1S/C17H19N7O5/c18-14-11-15(20-7-19-14)24(16-13(28)12(27)10(6-25)29-16)17(22-11)23-21-5-8-2-1-3-9(26)4-8/h1-5,7,10,12-13,16,25-28H,6H2,(H,22,23)(H2,18,19,20)/b21-5-/t10-,12+,13-,16+/m0/s1. The molecule has 0 spiro atoms. The maximum absolute atomic E-state index is 10.4. The second-order valence-electron chi connectivity index (χ2n) is 6.43. The first-order valence-corrected chi connectivity index (χ1v) is 8.68. The number of imidazole rings is 1. The van der Waals surface area contributed by atoms with Crippen LogP contribution in [0.25, 0.3) is 11.2 Å². The van der Waals surface area contributed by atoms with Crippen LogP contribution in [0.4, 0.5) is 11.8 Å². The number of anilines is 2. The molecule has 1 aliphatic heterocycles. The summed E-state index contributed by atoms with van der Waals surface area (Å²) >= 11 is 0. The van der Waals surface area contributed by atoms with Crippen LogP contribution in [-0.4, -0.2) is 71.1 Å². The SMILES string of the molecule is Nc1ncnc2c1nc(N/N=C\c1cccc(O)c1)n2[C@@H]1O[C@@H](CO)[C@@H](O)[C@@H]1O. The van der Waals surface area contributed by atoms with Gasteiger partial charge in [-0.05, 0) is 17.7 Å². The van der Waals surface area contributed by atoms with E-state index in [1.807, 2.05) is 0 Å². The van der Waals surface area contributed by atoms with Gasteiger partial charge in [0.25, 0.3) is 0 Å². The number of aromatic hydroxyl groups is 1. The van der Waals surface area contributed by atoms with Crippen LogP contribution in [0.5, 0.6) is 5.75 Å². The Balaban J connectivity index is 1.72. The Bertz CT molecular complexity index is 1060. The number of nitrogens with one attached hydrogen (secondary N) is 1. The van der Waals surface area contributed by atoms with Crippen LogP contribution in [0.2, 0.25) is 0 Å². The highest BCUT2D eigenvalue weighted by Crippen LogP contribution is 2.35. The third-order valence-corrected chi connectivity index (χ3v) is 4.53. The predicted molar refractivity (Wildman–Crippen MR) is 102 cm³/mol. The first-order valence-electron chi connectivity index (χ1n) is 8.68. The first kappa shape index (κ1) is 19.0. The molecule has 12 heteroatoms. The van der Waals surface area contributed by atoms with Gasteiger partial charge in [0.05, 0.1) is 12.8 Å². The van der Waals surface area contributed by atoms with Gasteiger partial charge in [-0.15, -0.1) is 0 Å². The number of nitrogen functional groups attached to an aromatic ring is 1. The zero-order valence-electron chi connectivity index (χ0n) is 15.0. The molecular weight excluding hydrogens is 382 g/mol. The summed E-state index contributed by atoms with van der Waals surface area (Å²) in [4.78, 5) is 12.4. The number of hydrazone groups is 1. The van der Waals surface area contributed by atoms with Crippen molar-refractivity contribution in [2.75, 3.05) is 17.8 Å². The lowest BCUT2D eigenvalue weighted by molar-refractivity contribution is -0.0501. The summed E-state index contributed by atoms with van der Waals surface area (Å²) in [5, 5.41) is 43.5. The highest BCUT2D eigenvalue weighted by Gasteiger charge is 2.45. The van der Waals surface area contributed by atoms with Gasteiger partial charge in [-0.25, -0.2) is 20.4 Å². The van der Waals surface area contributed by atoms with Crippen molar-refractivity contribution in [2.24, 2.45) is 5.10 Å². The van der Waals surface area contributed by atoms with Crippen molar-refractivity contribution in [3.05, 3.63) is 36.2 Å². The number of rotatable bonds is 5. The highest BCUT2D eigenvalue weighted by molar-refractivity contribution is 5.84. The fourth-order valence-electron chi connectivity index (χ4n) is 3.11. The smallest absolute Gasteiger partial charge is 0.228 e. The van der Waals surface area contributed by atoms with Gasteiger partial charge in [-0.1, -0.05) is 12.1 Å². The highest BCUT2D eigenvalue weighted by atomic mass is 16.6. The lowest BCUT2D eigenvalue weighted by atomic mass is 10.1. The third-order valence-electron chi connectivity index (χ3n) is 4.53. The predicted octanol–water partition coefficient (Wildman–Crippen LogP) is -0.828. The summed E-state index contributed by atoms with van der Waals surface area (Å²) in [6, 6.07) is 6.46. The average Bonchev–Trinajstić information content (AvgIpc) is 3.20. The van der Waals surface area contributed by atoms with Gasteiger partial charge in [0.15, 0.2) is 23.2 Å². The monoisotopic (exact) mass is 401 g/mol. The number of aliphatic hydroxyl groups excluding tert-OH is 3. The molecule has 4 rings (SSSR count). The van der Waals surface area contributed by atoms with Crippen molar-refractivity contribution in [1.29, 1.82) is 0 Å². The molecule has 7 N–H and O–H groups in total. The largest absolute Gasteiger partial charge is 0.508 e. The molecule has 1 fully saturated rings. The molecular formula is C17H19N7O5. The van der Waals surface area contributed by atoms with E-state index in [0.29, 0.717) is 5.56 Å². The topological polar surface area (TPSA) is 184 Å². The van der Waals surface area contributed by atoms with Crippen LogP contribution in [-0.2, 0) is 4.74 Å². The fourth-order valence-corrected chi connectivity index (χ4v) is 3.11. The van der Waals surface area contributed by atoms with E-state index in [0.717, 1.165) is 0 Å². The molecule has 1 aliphatic rings. The van der Waals surface area contributed by atoms with E-state index in [9.17, 15) is 20.4 Å². The number of aliphatic hydroxyl groups is 3. The number of phenols is 1. The minimum Gasteiger partial charge on any atom is -0.508 e. The number of phenolic OH excluding ortho intramolecular Hbond substituents is 1. The van der Waals surface area contributed by atoms with E-state index in [2.05, 4.69) is 25.5 Å². The summed E-state index contributed by atoms with van der Waals surface area (Å²) in [5.74, 6) is 0.328. The van der Waals surface area contributed by atoms with Crippen LogP contribution in [0.3, 0.4) is 0 Å². The quantitative estimate of drug-likeness (QED) is 0.233. The van der Waals surface area contributed by atoms with Crippen LogP contribution < -0.4 is 11.2 Å². The minimum absolute atomic E-state index is 0.0933. The number of fused-ring (bicyclic) bond motifs is 1.